The normalized spacial score (nSPS) is 14.9. The molecule has 0 aliphatic heterocycles. The fraction of sp³-hybridized carbons (Fsp3) is 0.949. The Kier molecular flexibility index (Phi) is 66.8. The Hall–Kier alpha value is -1.94. The van der Waals surface area contributed by atoms with Crippen LogP contribution in [-0.4, -0.2) is 96.7 Å². The second-order valence-electron chi connectivity index (χ2n) is 29.7. The van der Waals surface area contributed by atoms with Gasteiger partial charge in [0.15, 0.2) is 12.2 Å². The Labute approximate surface area is 600 Å². The quantitative estimate of drug-likeness (QED) is 0.0222. The van der Waals surface area contributed by atoms with Crippen molar-refractivity contribution in [1.82, 2.24) is 0 Å². The standard InChI is InChI=1S/C79H154O17P2/c1-9-70(6)56-48-40-32-26-20-16-12-13-17-22-29-35-45-53-61-78(83)95-74(65-89-76(81)59-51-43-34-28-21-18-14-15-19-25-31-39-47-55-69(4)5)67-93-97(85,86)91-63-73(80)64-92-98(87,88)94-68-75(66-90-77(82)60-52-44-38-37-42-50-58-72(8)11-3)96-79(84)62-54-46-36-30-24-23-27-33-41-49-57-71(7)10-2/h69-75,80H,9-68H2,1-8H3,(H,85,86)(H,87,88)/t70?,71?,72?,73-,74-,75-/m1/s1. The van der Waals surface area contributed by atoms with Gasteiger partial charge in [-0.15, -0.1) is 0 Å². The number of hydrogen-bond acceptors (Lipinski definition) is 15. The van der Waals surface area contributed by atoms with Gasteiger partial charge in [0.2, 0.25) is 0 Å². The molecule has 0 aromatic carbocycles. The Morgan fingerprint density at radius 2 is 0.490 bits per heavy atom. The predicted molar refractivity (Wildman–Crippen MR) is 400 cm³/mol. The van der Waals surface area contributed by atoms with Gasteiger partial charge >= 0.3 is 39.5 Å². The summed E-state index contributed by atoms with van der Waals surface area (Å²) in [5, 5.41) is 10.6. The predicted octanol–water partition coefficient (Wildman–Crippen LogP) is 23.2. The summed E-state index contributed by atoms with van der Waals surface area (Å²) < 4.78 is 68.7. The van der Waals surface area contributed by atoms with E-state index in [0.29, 0.717) is 25.7 Å². The lowest BCUT2D eigenvalue weighted by molar-refractivity contribution is -0.161. The molecule has 0 amide bonds. The SMILES string of the molecule is CCC(C)CCCCCCCCCCCCCCCCC(=O)O[C@H](COC(=O)CCCCCCCCCCCCCCCC(C)C)COP(=O)(O)OC[C@@H](O)COP(=O)(O)OC[C@@H](COC(=O)CCCCCCCCC(C)CC)OC(=O)CCCCCCCCCCCCC(C)CC. The first-order chi connectivity index (χ1) is 47.2. The van der Waals surface area contributed by atoms with Crippen LogP contribution in [0.25, 0.3) is 0 Å². The van der Waals surface area contributed by atoms with Gasteiger partial charge in [-0.3, -0.25) is 37.3 Å². The average Bonchev–Trinajstić information content (AvgIpc) is 0.938. The minimum absolute atomic E-state index is 0.105. The first-order valence-electron chi connectivity index (χ1n) is 40.8. The van der Waals surface area contributed by atoms with E-state index >= 15 is 0 Å². The number of carbonyl (C=O) groups excluding carboxylic acids is 4. The van der Waals surface area contributed by atoms with Crippen LogP contribution in [0.2, 0.25) is 0 Å². The Morgan fingerprint density at radius 1 is 0.286 bits per heavy atom. The summed E-state index contributed by atoms with van der Waals surface area (Å²) in [5.74, 6) is 1.05. The van der Waals surface area contributed by atoms with Crippen LogP contribution >= 0.6 is 15.6 Å². The fourth-order valence-electron chi connectivity index (χ4n) is 12.0. The van der Waals surface area contributed by atoms with Crippen LogP contribution in [0.1, 0.15) is 402 Å². The van der Waals surface area contributed by atoms with Crippen molar-refractivity contribution in [1.29, 1.82) is 0 Å². The molecular weight excluding hydrogens is 1280 g/mol. The maximum atomic E-state index is 13.1. The third-order valence-corrected chi connectivity index (χ3v) is 21.3. The van der Waals surface area contributed by atoms with Gasteiger partial charge in [0.05, 0.1) is 26.4 Å². The third-order valence-electron chi connectivity index (χ3n) is 19.4. The van der Waals surface area contributed by atoms with Crippen molar-refractivity contribution in [3.05, 3.63) is 0 Å². The van der Waals surface area contributed by atoms with Gasteiger partial charge in [-0.1, -0.05) is 351 Å². The van der Waals surface area contributed by atoms with Crippen molar-refractivity contribution < 1.29 is 80.2 Å². The number of carbonyl (C=O) groups is 4. The molecule has 98 heavy (non-hydrogen) atoms. The molecule has 0 heterocycles. The van der Waals surface area contributed by atoms with Gasteiger partial charge in [0.1, 0.15) is 19.3 Å². The van der Waals surface area contributed by atoms with Crippen LogP contribution in [0.5, 0.6) is 0 Å². The van der Waals surface area contributed by atoms with E-state index in [1.54, 1.807) is 0 Å². The fourth-order valence-corrected chi connectivity index (χ4v) is 13.6. The zero-order valence-electron chi connectivity index (χ0n) is 64.4. The number of phosphoric ester groups is 2. The number of esters is 4. The molecule has 0 aromatic heterocycles. The lowest BCUT2D eigenvalue weighted by Crippen LogP contribution is -2.30. The van der Waals surface area contributed by atoms with Crippen molar-refractivity contribution in [2.24, 2.45) is 23.7 Å². The van der Waals surface area contributed by atoms with Gasteiger partial charge in [-0.2, -0.15) is 0 Å². The van der Waals surface area contributed by atoms with Gasteiger partial charge in [-0.05, 0) is 49.4 Å². The summed E-state index contributed by atoms with van der Waals surface area (Å²) in [6.45, 7) is 14.3. The maximum absolute atomic E-state index is 13.1. The largest absolute Gasteiger partial charge is 0.472 e. The molecule has 8 atom stereocenters. The monoisotopic (exact) mass is 1440 g/mol. The highest BCUT2D eigenvalue weighted by atomic mass is 31.2. The molecule has 0 fully saturated rings. The highest BCUT2D eigenvalue weighted by molar-refractivity contribution is 7.47. The summed E-state index contributed by atoms with van der Waals surface area (Å²) in [6.07, 6.45) is 53.9. The Morgan fingerprint density at radius 3 is 0.724 bits per heavy atom. The number of hydrogen-bond donors (Lipinski definition) is 3. The van der Waals surface area contributed by atoms with Crippen LogP contribution in [0.15, 0.2) is 0 Å². The number of unbranched alkanes of at least 4 members (excludes halogenated alkanes) is 39. The summed E-state index contributed by atoms with van der Waals surface area (Å²) in [4.78, 5) is 73.0. The number of phosphoric acid groups is 2. The van der Waals surface area contributed by atoms with Gasteiger partial charge < -0.3 is 33.8 Å². The molecule has 0 aliphatic rings. The number of rotatable bonds is 76. The molecule has 0 aliphatic carbocycles. The highest BCUT2D eigenvalue weighted by Gasteiger charge is 2.30. The molecule has 0 rings (SSSR count). The number of aliphatic hydroxyl groups is 1. The maximum Gasteiger partial charge on any atom is 0.472 e. The second-order valence-corrected chi connectivity index (χ2v) is 32.6. The van der Waals surface area contributed by atoms with E-state index in [0.717, 1.165) is 120 Å². The highest BCUT2D eigenvalue weighted by Crippen LogP contribution is 2.45. The van der Waals surface area contributed by atoms with Crippen LogP contribution in [0.4, 0.5) is 0 Å². The van der Waals surface area contributed by atoms with E-state index in [1.165, 1.54) is 199 Å². The van der Waals surface area contributed by atoms with Gasteiger partial charge in [-0.25, -0.2) is 9.13 Å². The smallest absolute Gasteiger partial charge is 0.462 e. The molecule has 19 heteroatoms. The molecule has 5 unspecified atom stereocenters. The lowest BCUT2D eigenvalue weighted by atomic mass is 9.99. The molecule has 17 nitrogen and oxygen atoms in total. The molecule has 0 saturated carbocycles. The van der Waals surface area contributed by atoms with E-state index in [1.807, 2.05) is 0 Å². The zero-order chi connectivity index (χ0) is 72.4. The van der Waals surface area contributed by atoms with Crippen LogP contribution in [0, 0.1) is 23.7 Å². The van der Waals surface area contributed by atoms with Gasteiger partial charge in [0.25, 0.3) is 0 Å². The van der Waals surface area contributed by atoms with Crippen LogP contribution in [0.3, 0.4) is 0 Å². The topological polar surface area (TPSA) is 237 Å². The first-order valence-corrected chi connectivity index (χ1v) is 43.8. The molecule has 0 saturated heterocycles. The summed E-state index contributed by atoms with van der Waals surface area (Å²) in [6, 6.07) is 0. The van der Waals surface area contributed by atoms with Crippen molar-refractivity contribution >= 4 is 39.5 Å². The molecular formula is C79H154O17P2. The van der Waals surface area contributed by atoms with Crippen LogP contribution < -0.4 is 0 Å². The van der Waals surface area contributed by atoms with Crippen molar-refractivity contribution in [3.8, 4) is 0 Å². The van der Waals surface area contributed by atoms with Crippen molar-refractivity contribution in [3.63, 3.8) is 0 Å². The minimum Gasteiger partial charge on any atom is -0.462 e. The Balaban J connectivity index is 5.26. The van der Waals surface area contributed by atoms with E-state index < -0.39 is 97.5 Å². The summed E-state index contributed by atoms with van der Waals surface area (Å²) in [5.41, 5.74) is 0. The molecule has 0 bridgehead atoms. The van der Waals surface area contributed by atoms with E-state index in [4.69, 9.17) is 37.0 Å². The molecule has 3 N–H and O–H groups in total. The molecule has 0 aromatic rings. The number of aliphatic hydroxyl groups excluding tert-OH is 1. The van der Waals surface area contributed by atoms with E-state index in [2.05, 4.69) is 55.4 Å². The van der Waals surface area contributed by atoms with E-state index in [-0.39, 0.29) is 25.7 Å². The van der Waals surface area contributed by atoms with Crippen molar-refractivity contribution in [2.45, 2.75) is 420 Å². The van der Waals surface area contributed by atoms with E-state index in [9.17, 15) is 43.2 Å². The first kappa shape index (κ1) is 96.1. The third kappa shape index (κ3) is 68.5. The summed E-state index contributed by atoms with van der Waals surface area (Å²) >= 11 is 0. The summed E-state index contributed by atoms with van der Waals surface area (Å²) in [7, 11) is -9.92. The van der Waals surface area contributed by atoms with Crippen LogP contribution in [-0.2, 0) is 65.4 Å². The molecule has 582 valence electrons. The average molecular weight is 1440 g/mol. The lowest BCUT2D eigenvalue weighted by Gasteiger charge is -2.21. The zero-order valence-corrected chi connectivity index (χ0v) is 66.2. The minimum atomic E-state index is -4.96. The molecule has 0 radical (unpaired) electrons. The van der Waals surface area contributed by atoms with Gasteiger partial charge in [0, 0.05) is 25.7 Å². The van der Waals surface area contributed by atoms with Crippen molar-refractivity contribution in [2.75, 3.05) is 39.6 Å². The molecule has 0 spiro atoms. The number of ether oxygens (including phenoxy) is 4. The Bertz CT molecular complexity index is 1930. The second kappa shape index (κ2) is 68.2.